The van der Waals surface area contributed by atoms with Crippen molar-refractivity contribution in [3.63, 3.8) is 0 Å². The first kappa shape index (κ1) is 39.5. The molecule has 3 aromatic carbocycles. The molecule has 2 unspecified atom stereocenters. The number of amides is 4. The summed E-state index contributed by atoms with van der Waals surface area (Å²) >= 11 is 13.0. The maximum Gasteiger partial charge on any atom is 0.408 e. The third-order valence-corrected chi connectivity index (χ3v) is 10.8. The zero-order valence-electron chi connectivity index (χ0n) is 30.4. The van der Waals surface area contributed by atoms with Crippen LogP contribution in [0.15, 0.2) is 66.7 Å². The van der Waals surface area contributed by atoms with Gasteiger partial charge in [0.25, 0.3) is 0 Å². The summed E-state index contributed by atoms with van der Waals surface area (Å²) in [5.41, 5.74) is 2.37. The fourth-order valence-corrected chi connectivity index (χ4v) is 7.17. The van der Waals surface area contributed by atoms with Crippen molar-refractivity contribution in [2.24, 2.45) is 11.8 Å². The Bertz CT molecular complexity index is 1940. The quantitative estimate of drug-likeness (QED) is 0.0837. The van der Waals surface area contributed by atoms with E-state index in [1.807, 2.05) is 58.0 Å². The van der Waals surface area contributed by atoms with Gasteiger partial charge >= 0.3 is 6.09 Å². The Labute approximate surface area is 319 Å². The number of alkyl carbamates (subject to hydrolysis) is 1. The molecular formula is C40H47Cl2N5O6. The van der Waals surface area contributed by atoms with Crippen molar-refractivity contribution >= 4 is 57.9 Å². The largest absolute Gasteiger partial charge is 0.508 e. The molecule has 13 heteroatoms. The minimum Gasteiger partial charge on any atom is -0.508 e. The molecule has 5 rings (SSSR count). The number of phenols is 1. The number of hydrogen-bond donors (Lipinski definition) is 6. The number of fused-ring (bicyclic) bond motifs is 3. The maximum atomic E-state index is 14.7. The fraction of sp³-hybridized carbons (Fsp3) is 0.400. The average Bonchev–Trinajstić information content (AvgIpc) is 3.52. The van der Waals surface area contributed by atoms with Gasteiger partial charge in [-0.05, 0) is 65.6 Å². The van der Waals surface area contributed by atoms with Crippen LogP contribution in [0.3, 0.4) is 0 Å². The van der Waals surface area contributed by atoms with E-state index in [4.69, 9.17) is 27.9 Å². The van der Waals surface area contributed by atoms with E-state index in [2.05, 4.69) is 26.3 Å². The maximum absolute atomic E-state index is 14.7. The van der Waals surface area contributed by atoms with E-state index in [-0.39, 0.29) is 49.5 Å². The van der Waals surface area contributed by atoms with E-state index in [1.165, 1.54) is 12.1 Å². The Morgan fingerprint density at radius 3 is 2.21 bits per heavy atom. The number of H-pyrrole nitrogens is 1. The van der Waals surface area contributed by atoms with Gasteiger partial charge in [-0.1, -0.05) is 106 Å². The Hall–Kier alpha value is -4.74. The molecule has 1 aliphatic rings. The lowest BCUT2D eigenvalue weighted by Crippen LogP contribution is -2.67. The third-order valence-electron chi connectivity index (χ3n) is 10.3. The second kappa shape index (κ2) is 17.4. The number of carbonyl (C=O) groups is 4. The predicted molar refractivity (Wildman–Crippen MR) is 206 cm³/mol. The van der Waals surface area contributed by atoms with Crippen molar-refractivity contribution < 1.29 is 29.0 Å². The molecule has 53 heavy (non-hydrogen) atoms. The number of hydrogen-bond acceptors (Lipinski definition) is 6. The van der Waals surface area contributed by atoms with Crippen LogP contribution in [0, 0.1) is 11.8 Å². The number of benzene rings is 3. The van der Waals surface area contributed by atoms with Gasteiger partial charge in [-0.25, -0.2) is 4.79 Å². The Kier molecular flexibility index (Phi) is 13.0. The summed E-state index contributed by atoms with van der Waals surface area (Å²) in [4.78, 5) is 59.2. The van der Waals surface area contributed by atoms with Crippen LogP contribution < -0.4 is 21.3 Å². The topological polar surface area (TPSA) is 162 Å². The SMILES string of the molecule is CC[C@H](C)C(NC(=O)OCc1ccccc1)C(=O)N[C@@]1(C(=O)NC(C(=O)NCc2ccc(O)cc2)[C@@H](C)CC)CCc2[nH]c3c(Cl)cc(Cl)cc3c2C1. The van der Waals surface area contributed by atoms with Crippen molar-refractivity contribution in [1.29, 1.82) is 0 Å². The molecule has 0 fully saturated rings. The number of halogens is 2. The number of nitrogens with one attached hydrogen (secondary N) is 5. The second-order valence-corrected chi connectivity index (χ2v) is 14.8. The summed E-state index contributed by atoms with van der Waals surface area (Å²) in [7, 11) is 0. The molecule has 5 atom stereocenters. The Balaban J connectivity index is 1.44. The van der Waals surface area contributed by atoms with Gasteiger partial charge in [-0.15, -0.1) is 0 Å². The molecule has 1 aromatic heterocycles. The highest BCUT2D eigenvalue weighted by molar-refractivity contribution is 6.38. The molecule has 6 N–H and O–H groups in total. The summed E-state index contributed by atoms with van der Waals surface area (Å²) in [6.07, 6.45) is 1.03. The number of aromatic nitrogens is 1. The molecule has 0 spiro atoms. The number of rotatable bonds is 14. The van der Waals surface area contributed by atoms with Crippen molar-refractivity contribution in [3.8, 4) is 5.75 Å². The van der Waals surface area contributed by atoms with Crippen LogP contribution in [-0.2, 0) is 45.1 Å². The first-order valence-electron chi connectivity index (χ1n) is 18.0. The van der Waals surface area contributed by atoms with Gasteiger partial charge in [0.15, 0.2) is 0 Å². The third kappa shape index (κ3) is 9.44. The second-order valence-electron chi connectivity index (χ2n) is 13.9. The van der Waals surface area contributed by atoms with Crippen LogP contribution in [0.4, 0.5) is 4.79 Å². The van der Waals surface area contributed by atoms with E-state index in [9.17, 15) is 24.3 Å². The molecule has 0 saturated carbocycles. The van der Waals surface area contributed by atoms with Crippen molar-refractivity contribution in [3.05, 3.63) is 99.2 Å². The molecule has 0 radical (unpaired) electrons. The number of aromatic amines is 1. The minimum atomic E-state index is -1.52. The molecule has 4 aromatic rings. The number of carbonyl (C=O) groups excluding carboxylic acids is 4. The highest BCUT2D eigenvalue weighted by Crippen LogP contribution is 2.38. The zero-order valence-corrected chi connectivity index (χ0v) is 31.9. The first-order valence-corrected chi connectivity index (χ1v) is 18.7. The minimum absolute atomic E-state index is 0.0220. The van der Waals surface area contributed by atoms with Crippen LogP contribution in [0.25, 0.3) is 10.9 Å². The molecule has 1 aliphatic carbocycles. The molecule has 0 bridgehead atoms. The Morgan fingerprint density at radius 1 is 0.887 bits per heavy atom. The molecule has 0 aliphatic heterocycles. The summed E-state index contributed by atoms with van der Waals surface area (Å²) in [5.74, 6) is -1.93. The lowest BCUT2D eigenvalue weighted by atomic mass is 9.78. The van der Waals surface area contributed by atoms with Gasteiger partial charge in [0.05, 0.1) is 10.5 Å². The summed E-state index contributed by atoms with van der Waals surface area (Å²) in [5, 5.41) is 22.9. The van der Waals surface area contributed by atoms with Crippen molar-refractivity contribution in [1.82, 2.24) is 26.3 Å². The van der Waals surface area contributed by atoms with Crippen LogP contribution in [-0.4, -0.2) is 51.5 Å². The average molecular weight is 765 g/mol. The van der Waals surface area contributed by atoms with E-state index < -0.39 is 35.5 Å². The van der Waals surface area contributed by atoms with E-state index in [1.54, 1.807) is 24.3 Å². The smallest absolute Gasteiger partial charge is 0.408 e. The fourth-order valence-electron chi connectivity index (χ4n) is 6.63. The summed E-state index contributed by atoms with van der Waals surface area (Å²) in [6, 6.07) is 17.1. The van der Waals surface area contributed by atoms with Crippen LogP contribution in [0.1, 0.15) is 69.3 Å². The van der Waals surface area contributed by atoms with Crippen molar-refractivity contribution in [2.75, 3.05) is 0 Å². The van der Waals surface area contributed by atoms with E-state index >= 15 is 0 Å². The van der Waals surface area contributed by atoms with Crippen LogP contribution in [0.2, 0.25) is 10.0 Å². The first-order chi connectivity index (χ1) is 25.3. The Morgan fingerprint density at radius 2 is 1.55 bits per heavy atom. The van der Waals surface area contributed by atoms with Crippen LogP contribution >= 0.6 is 23.2 Å². The van der Waals surface area contributed by atoms with Gasteiger partial charge in [0.1, 0.15) is 30.0 Å². The normalized spacial score (nSPS) is 17.5. The molecule has 0 saturated heterocycles. The van der Waals surface area contributed by atoms with Gasteiger partial charge in [0.2, 0.25) is 17.7 Å². The zero-order chi connectivity index (χ0) is 38.3. The summed E-state index contributed by atoms with van der Waals surface area (Å²) in [6.45, 7) is 7.77. The van der Waals surface area contributed by atoms with Gasteiger partial charge in [-0.2, -0.15) is 0 Å². The highest BCUT2D eigenvalue weighted by Gasteiger charge is 2.47. The number of phenolic OH excluding ortho intramolecular Hbond substituents is 1. The van der Waals surface area contributed by atoms with Gasteiger partial charge in [0, 0.05) is 29.1 Å². The van der Waals surface area contributed by atoms with Crippen molar-refractivity contribution in [2.45, 2.75) is 90.6 Å². The van der Waals surface area contributed by atoms with E-state index in [0.29, 0.717) is 34.8 Å². The monoisotopic (exact) mass is 763 g/mol. The molecule has 11 nitrogen and oxygen atoms in total. The standard InChI is InChI=1S/C40H47Cl2N5O6/c1-5-23(3)33(36(49)43-21-25-12-14-28(48)15-13-25)45-38(51)40(17-16-32-30(20-40)29-18-27(41)19-31(42)35(29)44-32)47-37(50)34(24(4)6-2)46-39(52)53-22-26-10-8-7-9-11-26/h7-15,18-19,23-24,33-34,44,48H,5-6,16-17,20-22H2,1-4H3,(H,43,49)(H,45,51)(H,46,52)(H,47,50)/t23-,24-,33?,34?,40-/m0/s1. The molecule has 282 valence electrons. The molecule has 4 amide bonds. The molecule has 1 heterocycles. The lowest BCUT2D eigenvalue weighted by Gasteiger charge is -2.39. The van der Waals surface area contributed by atoms with Gasteiger partial charge < -0.3 is 36.1 Å². The van der Waals surface area contributed by atoms with Gasteiger partial charge in [-0.3, -0.25) is 14.4 Å². The number of aryl methyl sites for hydroxylation is 1. The highest BCUT2D eigenvalue weighted by atomic mass is 35.5. The molecular weight excluding hydrogens is 717 g/mol. The lowest BCUT2D eigenvalue weighted by molar-refractivity contribution is -0.138. The summed E-state index contributed by atoms with van der Waals surface area (Å²) < 4.78 is 5.46. The predicted octanol–water partition coefficient (Wildman–Crippen LogP) is 6.71. The number of aromatic hydroxyl groups is 1. The van der Waals surface area contributed by atoms with Crippen LogP contribution in [0.5, 0.6) is 5.75 Å². The number of ether oxygens (including phenoxy) is 1. The van der Waals surface area contributed by atoms with E-state index in [0.717, 1.165) is 27.8 Å².